The number of aryl methyl sites for hydroxylation is 1. The highest BCUT2D eigenvalue weighted by molar-refractivity contribution is 5.78. The average molecular weight is 864 g/mol. The number of carbonyl (C=O) groups is 3. The van der Waals surface area contributed by atoms with E-state index in [1.807, 2.05) is 71.9 Å². The maximum Gasteiger partial charge on any atom is 0.338 e. The zero-order valence-corrected chi connectivity index (χ0v) is 39.1. The fourth-order valence-electron chi connectivity index (χ4n) is 9.29. The summed E-state index contributed by atoms with van der Waals surface area (Å²) in [4.78, 5) is 44.6. The molecule has 0 aliphatic carbocycles. The Morgan fingerprint density at radius 3 is 2.24 bits per heavy atom. The number of allylic oxidation sites excluding steroid dienone is 4. The minimum absolute atomic E-state index is 0.0425. The lowest BCUT2D eigenvalue weighted by Gasteiger charge is -2.34. The zero-order chi connectivity index (χ0) is 44.6. The monoisotopic (exact) mass is 864 g/mol. The Kier molecular flexibility index (Phi) is 19.6. The summed E-state index contributed by atoms with van der Waals surface area (Å²) in [6.45, 7) is 14.1. The van der Waals surface area contributed by atoms with Crippen molar-refractivity contribution >= 4 is 24.0 Å². The molecule has 11 heteroatoms. The second kappa shape index (κ2) is 24.5. The van der Waals surface area contributed by atoms with Crippen LogP contribution in [0.1, 0.15) is 169 Å². The number of nitrogens with zero attached hydrogens (tertiary/aromatic N) is 1. The van der Waals surface area contributed by atoms with Crippen LogP contribution >= 0.6 is 0 Å². The molecule has 5 rings (SSSR count). The maximum atomic E-state index is 13.9. The number of unbranched alkanes of at least 4 members (excludes halogenated alkanes) is 12. The number of epoxide rings is 2. The number of esters is 3. The van der Waals surface area contributed by atoms with Crippen LogP contribution < -0.4 is 0 Å². The van der Waals surface area contributed by atoms with Gasteiger partial charge in [-0.05, 0) is 63.2 Å². The lowest BCUT2D eigenvalue weighted by Crippen LogP contribution is -2.43. The van der Waals surface area contributed by atoms with E-state index in [0.29, 0.717) is 31.6 Å². The maximum absolute atomic E-state index is 13.9. The third kappa shape index (κ3) is 15.3. The van der Waals surface area contributed by atoms with Crippen molar-refractivity contribution in [2.75, 3.05) is 7.11 Å². The number of ether oxygens (including phenoxy) is 6. The Balaban J connectivity index is 1.27. The van der Waals surface area contributed by atoms with Gasteiger partial charge in [-0.15, -0.1) is 0 Å². The van der Waals surface area contributed by atoms with Gasteiger partial charge in [0, 0.05) is 45.1 Å². The van der Waals surface area contributed by atoms with E-state index in [2.05, 4.69) is 18.0 Å². The number of rotatable bonds is 22. The topological polar surface area (TPSA) is 139 Å². The highest BCUT2D eigenvalue weighted by Crippen LogP contribution is 2.46. The molecule has 3 saturated heterocycles. The first kappa shape index (κ1) is 49.5. The summed E-state index contributed by atoms with van der Waals surface area (Å²) in [5.41, 5.74) is 1.83. The third-order valence-electron chi connectivity index (χ3n) is 13.4. The van der Waals surface area contributed by atoms with Gasteiger partial charge in [0.25, 0.3) is 0 Å². The molecule has 0 saturated carbocycles. The van der Waals surface area contributed by atoms with E-state index in [0.717, 1.165) is 36.1 Å². The summed E-state index contributed by atoms with van der Waals surface area (Å²) in [5.74, 6) is -0.712. The van der Waals surface area contributed by atoms with Gasteiger partial charge in [-0.1, -0.05) is 128 Å². The molecular weight excluding hydrogens is 787 g/mol. The smallest absolute Gasteiger partial charge is 0.338 e. The van der Waals surface area contributed by atoms with Crippen LogP contribution in [0, 0.1) is 24.7 Å². The van der Waals surface area contributed by atoms with Gasteiger partial charge in [0.15, 0.2) is 12.0 Å². The molecule has 3 fully saturated rings. The Morgan fingerprint density at radius 1 is 0.935 bits per heavy atom. The number of aromatic nitrogens is 1. The van der Waals surface area contributed by atoms with Gasteiger partial charge in [0.2, 0.25) is 0 Å². The first-order chi connectivity index (χ1) is 29.8. The van der Waals surface area contributed by atoms with Gasteiger partial charge < -0.3 is 32.8 Å². The average Bonchev–Trinajstić information content (AvgIpc) is 4.11. The van der Waals surface area contributed by atoms with Gasteiger partial charge in [-0.3, -0.25) is 9.59 Å². The minimum Gasteiger partial charge on any atom is -0.462 e. The van der Waals surface area contributed by atoms with Crippen molar-refractivity contribution < 1.29 is 47.2 Å². The van der Waals surface area contributed by atoms with E-state index in [4.69, 9.17) is 32.8 Å². The van der Waals surface area contributed by atoms with E-state index < -0.39 is 36.0 Å². The lowest BCUT2D eigenvalue weighted by molar-refractivity contribution is -0.164. The first-order valence-corrected chi connectivity index (χ1v) is 23.9. The van der Waals surface area contributed by atoms with Crippen LogP contribution in [0.5, 0.6) is 0 Å². The number of hydrogen-bond acceptors (Lipinski definition) is 11. The Labute approximate surface area is 371 Å². The normalized spacial score (nSPS) is 30.3. The van der Waals surface area contributed by atoms with E-state index in [9.17, 15) is 14.4 Å². The molecule has 4 aliphatic heterocycles. The molecule has 0 aromatic carbocycles. The Hall–Kier alpha value is -3.54. The molecule has 0 spiro atoms. The van der Waals surface area contributed by atoms with Crippen LogP contribution in [0.3, 0.4) is 0 Å². The molecule has 5 heterocycles. The van der Waals surface area contributed by atoms with Gasteiger partial charge in [0.1, 0.15) is 42.0 Å². The summed E-state index contributed by atoms with van der Waals surface area (Å²) in [6.07, 6.45) is 28.0. The van der Waals surface area contributed by atoms with Crippen LogP contribution in [-0.2, 0) is 42.8 Å². The van der Waals surface area contributed by atoms with Crippen molar-refractivity contribution in [2.45, 2.75) is 212 Å². The molecule has 0 radical (unpaired) electrons. The molecule has 4 aliphatic rings. The largest absolute Gasteiger partial charge is 0.462 e. The number of hydrogen-bond donors (Lipinski definition) is 0. The van der Waals surface area contributed by atoms with E-state index >= 15 is 0 Å². The van der Waals surface area contributed by atoms with Crippen molar-refractivity contribution in [3.05, 3.63) is 59.4 Å². The summed E-state index contributed by atoms with van der Waals surface area (Å²) in [7, 11) is 1.65. The summed E-state index contributed by atoms with van der Waals surface area (Å²) in [6, 6.07) is 0. The van der Waals surface area contributed by atoms with Gasteiger partial charge in [-0.25, -0.2) is 9.78 Å². The fourth-order valence-corrected chi connectivity index (χ4v) is 9.29. The molecule has 62 heavy (non-hydrogen) atoms. The number of fused-ring (bicyclic) bond motifs is 4. The van der Waals surface area contributed by atoms with Crippen molar-refractivity contribution in [3.8, 4) is 0 Å². The number of oxazole rings is 1. The molecule has 0 amide bonds. The van der Waals surface area contributed by atoms with Crippen LogP contribution in [0.25, 0.3) is 6.08 Å². The molecule has 2 bridgehead atoms. The van der Waals surface area contributed by atoms with Gasteiger partial charge >= 0.3 is 17.9 Å². The van der Waals surface area contributed by atoms with Crippen LogP contribution in [0.4, 0.5) is 0 Å². The van der Waals surface area contributed by atoms with Gasteiger partial charge in [0.05, 0.1) is 12.2 Å². The molecule has 346 valence electrons. The van der Waals surface area contributed by atoms with Crippen molar-refractivity contribution in [1.82, 2.24) is 4.98 Å². The SMILES string of the molecule is CCCCCCCCCCCCCCCC(=O)OC1CC(C(C)C(OC)C(C)=CC=CC(C)=Cc2coc(C)n2)OC(=O)C2OC2CC2CC(=O)OC(C2)C(C)C=CC2OC21C. The molecule has 11 atom stereocenters. The van der Waals surface area contributed by atoms with Crippen molar-refractivity contribution in [2.24, 2.45) is 17.8 Å². The second-order valence-corrected chi connectivity index (χ2v) is 18.8. The second-order valence-electron chi connectivity index (χ2n) is 18.8. The molecule has 1 aromatic heterocycles. The minimum atomic E-state index is -0.851. The predicted octanol–water partition coefficient (Wildman–Crippen LogP) is 11.1. The van der Waals surface area contributed by atoms with Gasteiger partial charge in [-0.2, -0.15) is 0 Å². The quantitative estimate of drug-likeness (QED) is 0.0275. The van der Waals surface area contributed by atoms with Crippen LogP contribution in [-0.4, -0.2) is 78.3 Å². The zero-order valence-electron chi connectivity index (χ0n) is 39.1. The molecule has 11 unspecified atom stereocenters. The number of methoxy groups -OCH3 is 1. The van der Waals surface area contributed by atoms with E-state index in [-0.39, 0.29) is 54.4 Å². The lowest BCUT2D eigenvalue weighted by atomic mass is 9.84. The molecule has 1 aromatic rings. The highest BCUT2D eigenvalue weighted by atomic mass is 16.7. The van der Waals surface area contributed by atoms with E-state index in [1.54, 1.807) is 13.4 Å². The Morgan fingerprint density at radius 2 is 1.60 bits per heavy atom. The van der Waals surface area contributed by atoms with Crippen LogP contribution in [0.15, 0.2) is 52.2 Å². The predicted molar refractivity (Wildman–Crippen MR) is 240 cm³/mol. The molecular formula is C51H77NO10. The van der Waals surface area contributed by atoms with Crippen LogP contribution in [0.2, 0.25) is 0 Å². The van der Waals surface area contributed by atoms with E-state index in [1.165, 1.54) is 64.2 Å². The first-order valence-electron chi connectivity index (χ1n) is 23.9. The summed E-state index contributed by atoms with van der Waals surface area (Å²) >= 11 is 0. The number of carbonyl (C=O) groups excluding carboxylic acids is 3. The number of cyclic esters (lactones) is 1. The summed E-state index contributed by atoms with van der Waals surface area (Å²) < 4.78 is 42.3. The molecule has 0 N–H and O–H groups in total. The Bertz CT molecular complexity index is 1710. The summed E-state index contributed by atoms with van der Waals surface area (Å²) in [5, 5.41) is 0. The van der Waals surface area contributed by atoms with Crippen molar-refractivity contribution in [3.63, 3.8) is 0 Å². The highest BCUT2D eigenvalue weighted by Gasteiger charge is 2.59. The molecule has 11 nitrogen and oxygen atoms in total. The standard InChI is InChI=1S/C51H77NO10/c1-9-10-11-12-13-14-15-16-17-18-19-20-21-25-46(53)61-45-32-42(37(5)48(56-8)36(4)24-22-23-34(2)28-40-33-57-38(6)52-40)60-50(55)49-43(59-49)30-39-29-41(58-47(54)31-39)35(3)26-27-44-51(45,7)62-44/h22-24,26-28,33,35,37,39,41-45,48-49H,9-21,25,29-32H2,1-8H3. The fraction of sp³-hybridized carbons (Fsp3) is 0.725. The van der Waals surface area contributed by atoms with Crippen molar-refractivity contribution in [1.29, 1.82) is 0 Å². The third-order valence-corrected chi connectivity index (χ3v) is 13.4.